The number of hydrogen-bond acceptors (Lipinski definition) is 7. The standard InChI is InChI=1S/C15H18BrN3O4S/c1-10-6-11(18-23-10)7-22-8-12(20)19-4-2-15(21,3-5-19)13-14(16)17-9-24-13/h6,9,21H,2-5,7-8H2,1H3. The lowest BCUT2D eigenvalue weighted by molar-refractivity contribution is -0.141. The Morgan fingerprint density at radius 2 is 2.29 bits per heavy atom. The average Bonchev–Trinajstić information content (AvgIpc) is 3.16. The third-order valence-corrected chi connectivity index (χ3v) is 5.93. The molecular formula is C15H18BrN3O4S. The molecule has 9 heteroatoms. The number of rotatable bonds is 5. The van der Waals surface area contributed by atoms with Gasteiger partial charge in [0.05, 0.1) is 17.0 Å². The smallest absolute Gasteiger partial charge is 0.248 e. The molecule has 1 fully saturated rings. The van der Waals surface area contributed by atoms with Crippen molar-refractivity contribution in [2.75, 3.05) is 19.7 Å². The second-order valence-electron chi connectivity index (χ2n) is 5.81. The molecule has 0 aromatic carbocycles. The lowest BCUT2D eigenvalue weighted by atomic mass is 9.90. The molecule has 130 valence electrons. The second kappa shape index (κ2) is 7.30. The van der Waals surface area contributed by atoms with Gasteiger partial charge in [0.1, 0.15) is 28.3 Å². The van der Waals surface area contributed by atoms with E-state index in [-0.39, 0.29) is 19.1 Å². The molecule has 0 atom stereocenters. The summed E-state index contributed by atoms with van der Waals surface area (Å²) in [5, 5.41) is 14.6. The van der Waals surface area contributed by atoms with E-state index >= 15 is 0 Å². The average molecular weight is 416 g/mol. The largest absolute Gasteiger partial charge is 0.384 e. The van der Waals surface area contributed by atoms with E-state index in [1.807, 2.05) is 0 Å². The Kier molecular flexibility index (Phi) is 5.33. The Bertz CT molecular complexity index is 709. The molecule has 1 N–H and O–H groups in total. The van der Waals surface area contributed by atoms with Crippen LogP contribution in [0.15, 0.2) is 20.7 Å². The van der Waals surface area contributed by atoms with Gasteiger partial charge in [-0.25, -0.2) is 4.98 Å². The van der Waals surface area contributed by atoms with Gasteiger partial charge in [0.25, 0.3) is 0 Å². The molecule has 24 heavy (non-hydrogen) atoms. The molecule has 3 rings (SSSR count). The van der Waals surface area contributed by atoms with Crippen molar-refractivity contribution in [3.8, 4) is 0 Å². The molecule has 1 saturated heterocycles. The normalized spacial score (nSPS) is 17.2. The van der Waals surface area contributed by atoms with E-state index in [1.54, 1.807) is 23.4 Å². The molecule has 1 aliphatic rings. The molecular weight excluding hydrogens is 398 g/mol. The van der Waals surface area contributed by atoms with E-state index in [4.69, 9.17) is 9.26 Å². The molecule has 7 nitrogen and oxygen atoms in total. The summed E-state index contributed by atoms with van der Waals surface area (Å²) in [5.74, 6) is 0.630. The first kappa shape index (κ1) is 17.5. The Morgan fingerprint density at radius 1 is 1.54 bits per heavy atom. The molecule has 0 bridgehead atoms. The van der Waals surface area contributed by atoms with Crippen LogP contribution in [-0.2, 0) is 21.7 Å². The van der Waals surface area contributed by atoms with Gasteiger partial charge >= 0.3 is 0 Å². The second-order valence-corrected chi connectivity index (χ2v) is 7.41. The molecule has 0 saturated carbocycles. The fourth-order valence-corrected chi connectivity index (χ4v) is 4.43. The quantitative estimate of drug-likeness (QED) is 0.804. The molecule has 3 heterocycles. The van der Waals surface area contributed by atoms with Crippen molar-refractivity contribution < 1.29 is 19.2 Å². The number of ether oxygens (including phenoxy) is 1. The number of carbonyl (C=O) groups excluding carboxylic acids is 1. The minimum Gasteiger partial charge on any atom is -0.384 e. The first-order valence-electron chi connectivity index (χ1n) is 7.57. The number of aryl methyl sites for hydroxylation is 1. The van der Waals surface area contributed by atoms with E-state index in [0.717, 1.165) is 4.88 Å². The van der Waals surface area contributed by atoms with E-state index in [2.05, 4.69) is 26.1 Å². The van der Waals surface area contributed by atoms with E-state index in [1.165, 1.54) is 11.3 Å². The van der Waals surface area contributed by atoms with Gasteiger partial charge < -0.3 is 19.3 Å². The van der Waals surface area contributed by atoms with Crippen LogP contribution in [0.25, 0.3) is 0 Å². The van der Waals surface area contributed by atoms with Crippen LogP contribution in [0, 0.1) is 6.92 Å². The maximum absolute atomic E-state index is 12.2. The summed E-state index contributed by atoms with van der Waals surface area (Å²) >= 11 is 4.79. The van der Waals surface area contributed by atoms with Crippen LogP contribution < -0.4 is 0 Å². The number of nitrogens with zero attached hydrogens (tertiary/aromatic N) is 3. The van der Waals surface area contributed by atoms with Gasteiger partial charge in [0, 0.05) is 19.2 Å². The highest BCUT2D eigenvalue weighted by Gasteiger charge is 2.38. The maximum Gasteiger partial charge on any atom is 0.248 e. The third-order valence-electron chi connectivity index (χ3n) is 4.04. The molecule has 2 aromatic heterocycles. The van der Waals surface area contributed by atoms with Crippen molar-refractivity contribution in [3.63, 3.8) is 0 Å². The Labute approximate surface area is 151 Å². The van der Waals surface area contributed by atoms with Crippen LogP contribution in [0.5, 0.6) is 0 Å². The predicted octanol–water partition coefficient (Wildman–Crippen LogP) is 2.23. The minimum absolute atomic E-state index is 0.00537. The van der Waals surface area contributed by atoms with Gasteiger partial charge in [0.2, 0.25) is 5.91 Å². The highest BCUT2D eigenvalue weighted by Crippen LogP contribution is 2.38. The molecule has 1 amide bonds. The van der Waals surface area contributed by atoms with Crippen LogP contribution in [0.2, 0.25) is 0 Å². The number of thiazole rings is 1. The van der Waals surface area contributed by atoms with Crippen LogP contribution in [-0.4, -0.2) is 45.8 Å². The van der Waals surface area contributed by atoms with Gasteiger partial charge in [0.15, 0.2) is 0 Å². The Morgan fingerprint density at radius 3 is 2.88 bits per heavy atom. The lowest BCUT2D eigenvalue weighted by Gasteiger charge is -2.37. The van der Waals surface area contributed by atoms with Crippen LogP contribution in [0.4, 0.5) is 0 Å². The molecule has 0 unspecified atom stereocenters. The van der Waals surface area contributed by atoms with Crippen molar-refractivity contribution in [1.29, 1.82) is 0 Å². The molecule has 0 spiro atoms. The van der Waals surface area contributed by atoms with Crippen molar-refractivity contribution in [2.45, 2.75) is 32.0 Å². The zero-order valence-corrected chi connectivity index (χ0v) is 15.6. The minimum atomic E-state index is -0.921. The summed E-state index contributed by atoms with van der Waals surface area (Å²) in [7, 11) is 0. The first-order chi connectivity index (χ1) is 11.5. The van der Waals surface area contributed by atoms with E-state index in [9.17, 15) is 9.90 Å². The van der Waals surface area contributed by atoms with Crippen LogP contribution >= 0.6 is 27.3 Å². The molecule has 2 aromatic rings. The molecule has 0 aliphatic carbocycles. The topological polar surface area (TPSA) is 88.7 Å². The number of carbonyl (C=O) groups is 1. The fourth-order valence-electron chi connectivity index (χ4n) is 2.71. The summed E-state index contributed by atoms with van der Waals surface area (Å²) in [6.07, 6.45) is 0.976. The van der Waals surface area contributed by atoms with Gasteiger partial charge in [-0.2, -0.15) is 0 Å². The SMILES string of the molecule is Cc1cc(COCC(=O)N2CCC(O)(c3scnc3Br)CC2)no1. The monoisotopic (exact) mass is 415 g/mol. The highest BCUT2D eigenvalue weighted by atomic mass is 79.9. The highest BCUT2D eigenvalue weighted by molar-refractivity contribution is 9.10. The molecule has 0 radical (unpaired) electrons. The predicted molar refractivity (Wildman–Crippen MR) is 90.4 cm³/mol. The summed E-state index contributed by atoms with van der Waals surface area (Å²) in [5.41, 5.74) is 1.45. The van der Waals surface area contributed by atoms with Crippen molar-refractivity contribution >= 4 is 33.2 Å². The summed E-state index contributed by atoms with van der Waals surface area (Å²) in [6.45, 7) is 3.03. The number of likely N-dealkylation sites (tertiary alicyclic amines) is 1. The number of aromatic nitrogens is 2. The zero-order valence-electron chi connectivity index (χ0n) is 13.2. The number of halogens is 1. The number of aliphatic hydroxyl groups is 1. The van der Waals surface area contributed by atoms with Crippen LogP contribution in [0.1, 0.15) is 29.2 Å². The van der Waals surface area contributed by atoms with Gasteiger partial charge in [-0.05, 0) is 35.7 Å². The maximum atomic E-state index is 12.2. The first-order valence-corrected chi connectivity index (χ1v) is 9.25. The lowest BCUT2D eigenvalue weighted by Crippen LogP contribution is -2.46. The van der Waals surface area contributed by atoms with Crippen LogP contribution in [0.3, 0.4) is 0 Å². The summed E-state index contributed by atoms with van der Waals surface area (Å²) in [6, 6.07) is 1.78. The fraction of sp³-hybridized carbons (Fsp3) is 0.533. The number of amides is 1. The van der Waals surface area contributed by atoms with E-state index in [0.29, 0.717) is 42.0 Å². The van der Waals surface area contributed by atoms with Gasteiger partial charge in [-0.15, -0.1) is 11.3 Å². The number of hydrogen-bond donors (Lipinski definition) is 1. The summed E-state index contributed by atoms with van der Waals surface area (Å²) in [4.78, 5) is 18.9. The Hall–Kier alpha value is -1.29. The Balaban J connectivity index is 1.47. The summed E-state index contributed by atoms with van der Waals surface area (Å²) < 4.78 is 11.0. The zero-order chi connectivity index (χ0) is 17.2. The van der Waals surface area contributed by atoms with Crippen molar-refractivity contribution in [2.24, 2.45) is 0 Å². The van der Waals surface area contributed by atoms with E-state index < -0.39 is 5.60 Å². The van der Waals surface area contributed by atoms with Gasteiger partial charge in [-0.3, -0.25) is 4.79 Å². The number of piperidine rings is 1. The van der Waals surface area contributed by atoms with Crippen molar-refractivity contribution in [3.05, 3.63) is 32.5 Å². The van der Waals surface area contributed by atoms with Gasteiger partial charge in [-0.1, -0.05) is 5.16 Å². The third kappa shape index (κ3) is 3.85. The van der Waals surface area contributed by atoms with Crippen molar-refractivity contribution in [1.82, 2.24) is 15.0 Å². The molecule has 1 aliphatic heterocycles.